The third kappa shape index (κ3) is 4.45. The summed E-state index contributed by atoms with van der Waals surface area (Å²) in [6.07, 6.45) is 11.3. The Hall–Kier alpha value is -1.06. The summed E-state index contributed by atoms with van der Waals surface area (Å²) in [5.41, 5.74) is -0.802. The van der Waals surface area contributed by atoms with Crippen LogP contribution in [0.15, 0.2) is 0 Å². The first-order chi connectivity index (χ1) is 10.1. The molecule has 1 N–H and O–H groups in total. The maximum atomic E-state index is 12.6. The lowest BCUT2D eigenvalue weighted by Gasteiger charge is -2.33. The molecule has 0 bridgehead atoms. The van der Waals surface area contributed by atoms with Crippen LogP contribution in [0.5, 0.6) is 0 Å². The molecule has 1 saturated carbocycles. The second-order valence-corrected chi connectivity index (χ2v) is 6.83. The van der Waals surface area contributed by atoms with E-state index in [9.17, 15) is 14.7 Å². The Morgan fingerprint density at radius 3 is 1.81 bits per heavy atom. The molecule has 2 fully saturated rings. The zero-order valence-electron chi connectivity index (χ0n) is 13.1. The van der Waals surface area contributed by atoms with Gasteiger partial charge in [0, 0.05) is 19.5 Å². The quantitative estimate of drug-likeness (QED) is 0.865. The maximum Gasteiger partial charge on any atom is 0.310 e. The van der Waals surface area contributed by atoms with Gasteiger partial charge in [-0.3, -0.25) is 9.59 Å². The number of carboxylic acid groups (broad SMARTS) is 1. The van der Waals surface area contributed by atoms with Gasteiger partial charge in [-0.25, -0.2) is 0 Å². The Morgan fingerprint density at radius 2 is 1.29 bits per heavy atom. The number of aliphatic carboxylic acids is 1. The third-order valence-corrected chi connectivity index (χ3v) is 5.21. The van der Waals surface area contributed by atoms with E-state index in [0.29, 0.717) is 12.8 Å². The molecule has 0 unspecified atom stereocenters. The summed E-state index contributed by atoms with van der Waals surface area (Å²) in [6.45, 7) is 1.63. The molecule has 0 atom stereocenters. The smallest absolute Gasteiger partial charge is 0.310 e. The molecular formula is C17H29NO3. The van der Waals surface area contributed by atoms with Crippen LogP contribution in [0.2, 0.25) is 0 Å². The summed E-state index contributed by atoms with van der Waals surface area (Å²) in [5.74, 6) is -0.688. The summed E-state index contributed by atoms with van der Waals surface area (Å²) in [6, 6.07) is 0. The van der Waals surface area contributed by atoms with E-state index in [1.165, 1.54) is 19.3 Å². The summed E-state index contributed by atoms with van der Waals surface area (Å²) in [7, 11) is 0. The average Bonchev–Trinajstić information content (AvgIpc) is 2.70. The minimum atomic E-state index is -0.802. The Balaban J connectivity index is 2.03. The lowest BCUT2D eigenvalue weighted by Crippen LogP contribution is -2.40. The van der Waals surface area contributed by atoms with Crippen LogP contribution in [0.3, 0.4) is 0 Å². The van der Waals surface area contributed by atoms with Crippen molar-refractivity contribution in [2.24, 2.45) is 5.41 Å². The minimum absolute atomic E-state index is 0.0693. The number of carboxylic acids is 1. The molecule has 0 aromatic heterocycles. The van der Waals surface area contributed by atoms with Crippen molar-refractivity contribution in [2.75, 3.05) is 13.1 Å². The molecule has 1 amide bonds. The molecule has 0 aromatic carbocycles. The first-order valence-electron chi connectivity index (χ1n) is 8.65. The van der Waals surface area contributed by atoms with E-state index in [4.69, 9.17) is 0 Å². The van der Waals surface area contributed by atoms with Crippen molar-refractivity contribution in [3.8, 4) is 0 Å². The number of hydrogen-bond acceptors (Lipinski definition) is 2. The molecule has 1 saturated heterocycles. The van der Waals surface area contributed by atoms with Crippen LogP contribution in [-0.2, 0) is 9.59 Å². The summed E-state index contributed by atoms with van der Waals surface area (Å²) >= 11 is 0. The van der Waals surface area contributed by atoms with Crippen molar-refractivity contribution >= 4 is 11.9 Å². The highest BCUT2D eigenvalue weighted by molar-refractivity contribution is 5.85. The molecule has 0 spiro atoms. The van der Waals surface area contributed by atoms with Crippen LogP contribution in [0, 0.1) is 5.41 Å². The molecule has 2 aliphatic rings. The van der Waals surface area contributed by atoms with Gasteiger partial charge in [0.25, 0.3) is 0 Å². The number of rotatable bonds is 3. The second-order valence-electron chi connectivity index (χ2n) is 6.83. The fourth-order valence-corrected chi connectivity index (χ4v) is 3.77. The number of amides is 1. The molecule has 0 radical (unpaired) electrons. The Morgan fingerprint density at radius 1 is 0.810 bits per heavy atom. The predicted octanol–water partition coefficient (Wildman–Crippen LogP) is 3.59. The summed E-state index contributed by atoms with van der Waals surface area (Å²) < 4.78 is 0. The Labute approximate surface area is 127 Å². The van der Waals surface area contributed by atoms with Gasteiger partial charge in [0.2, 0.25) is 5.91 Å². The lowest BCUT2D eigenvalue weighted by molar-refractivity contribution is -0.155. The highest BCUT2D eigenvalue weighted by Gasteiger charge is 2.41. The van der Waals surface area contributed by atoms with Crippen molar-refractivity contribution in [1.29, 1.82) is 0 Å². The van der Waals surface area contributed by atoms with E-state index >= 15 is 0 Å². The first-order valence-corrected chi connectivity index (χ1v) is 8.65. The van der Waals surface area contributed by atoms with Gasteiger partial charge >= 0.3 is 5.97 Å². The molecule has 120 valence electrons. The Kier molecular flexibility index (Phi) is 6.07. The summed E-state index contributed by atoms with van der Waals surface area (Å²) in [5, 5.41) is 9.74. The normalized spacial score (nSPS) is 23.7. The largest absolute Gasteiger partial charge is 0.481 e. The fraction of sp³-hybridized carbons (Fsp3) is 0.882. The third-order valence-electron chi connectivity index (χ3n) is 5.21. The number of likely N-dealkylation sites (tertiary alicyclic amines) is 1. The van der Waals surface area contributed by atoms with Gasteiger partial charge in [-0.15, -0.1) is 0 Å². The molecule has 1 aliphatic carbocycles. The van der Waals surface area contributed by atoms with Crippen molar-refractivity contribution in [3.05, 3.63) is 0 Å². The van der Waals surface area contributed by atoms with Gasteiger partial charge in [0.1, 0.15) is 0 Å². The SMILES string of the molecule is O=C(CC1(C(=O)O)CCCCCCC1)N1CCCCCC1. The van der Waals surface area contributed by atoms with Gasteiger partial charge in [-0.2, -0.15) is 0 Å². The topological polar surface area (TPSA) is 57.6 Å². The van der Waals surface area contributed by atoms with Crippen molar-refractivity contribution in [3.63, 3.8) is 0 Å². The van der Waals surface area contributed by atoms with Crippen LogP contribution in [0.4, 0.5) is 0 Å². The predicted molar refractivity (Wildman–Crippen MR) is 82.1 cm³/mol. The van der Waals surface area contributed by atoms with Crippen LogP contribution >= 0.6 is 0 Å². The number of hydrogen-bond donors (Lipinski definition) is 1. The van der Waals surface area contributed by atoms with Gasteiger partial charge in [-0.1, -0.05) is 44.9 Å². The average molecular weight is 295 g/mol. The van der Waals surface area contributed by atoms with Gasteiger partial charge in [0.15, 0.2) is 0 Å². The lowest BCUT2D eigenvalue weighted by atomic mass is 9.73. The fourth-order valence-electron chi connectivity index (χ4n) is 3.77. The first kappa shape index (κ1) is 16.3. The van der Waals surface area contributed by atoms with Crippen LogP contribution < -0.4 is 0 Å². The standard InChI is InChI=1S/C17H29NO3/c19-15(18-12-8-4-5-9-13-18)14-17(16(20)21)10-6-2-1-3-7-11-17/h1-14H2,(H,20,21). The number of nitrogens with zero attached hydrogens (tertiary/aromatic N) is 1. The second kappa shape index (κ2) is 7.81. The summed E-state index contributed by atoms with van der Waals surface area (Å²) in [4.78, 5) is 26.4. The maximum absolute atomic E-state index is 12.6. The van der Waals surface area contributed by atoms with Crippen molar-refractivity contribution in [1.82, 2.24) is 4.90 Å². The molecule has 4 heteroatoms. The number of carbonyl (C=O) groups excluding carboxylic acids is 1. The molecule has 0 aromatic rings. The molecule has 1 aliphatic heterocycles. The van der Waals surface area contributed by atoms with Crippen LogP contribution in [0.25, 0.3) is 0 Å². The zero-order chi connectivity index (χ0) is 15.1. The van der Waals surface area contributed by atoms with E-state index in [-0.39, 0.29) is 12.3 Å². The van der Waals surface area contributed by atoms with Crippen molar-refractivity contribution in [2.45, 2.75) is 77.0 Å². The molecular weight excluding hydrogens is 266 g/mol. The molecule has 1 heterocycles. The van der Waals surface area contributed by atoms with Gasteiger partial charge in [-0.05, 0) is 25.7 Å². The van der Waals surface area contributed by atoms with E-state index in [1.807, 2.05) is 4.90 Å². The molecule has 4 nitrogen and oxygen atoms in total. The van der Waals surface area contributed by atoms with E-state index < -0.39 is 11.4 Å². The van der Waals surface area contributed by atoms with E-state index in [1.54, 1.807) is 0 Å². The minimum Gasteiger partial charge on any atom is -0.481 e. The van der Waals surface area contributed by atoms with Crippen LogP contribution in [-0.4, -0.2) is 35.0 Å². The van der Waals surface area contributed by atoms with E-state index in [2.05, 4.69) is 0 Å². The van der Waals surface area contributed by atoms with Crippen molar-refractivity contribution < 1.29 is 14.7 Å². The monoisotopic (exact) mass is 295 g/mol. The Bertz CT molecular complexity index is 351. The highest BCUT2D eigenvalue weighted by Crippen LogP contribution is 2.38. The highest BCUT2D eigenvalue weighted by atomic mass is 16.4. The van der Waals surface area contributed by atoms with Gasteiger partial charge in [0.05, 0.1) is 5.41 Å². The van der Waals surface area contributed by atoms with Crippen LogP contribution in [0.1, 0.15) is 77.0 Å². The molecule has 2 rings (SSSR count). The van der Waals surface area contributed by atoms with E-state index in [0.717, 1.165) is 51.6 Å². The van der Waals surface area contributed by atoms with Gasteiger partial charge < -0.3 is 10.0 Å². The zero-order valence-corrected chi connectivity index (χ0v) is 13.1. The number of carbonyl (C=O) groups is 2. The molecule has 21 heavy (non-hydrogen) atoms.